The number of halogens is 1. The predicted molar refractivity (Wildman–Crippen MR) is 80.3 cm³/mol. The van der Waals surface area contributed by atoms with E-state index < -0.39 is 16.0 Å². The molecule has 21 heavy (non-hydrogen) atoms. The van der Waals surface area contributed by atoms with Gasteiger partial charge in [0.1, 0.15) is 4.88 Å². The highest BCUT2D eigenvalue weighted by Gasteiger charge is 2.18. The third-order valence-electron chi connectivity index (χ3n) is 2.33. The lowest BCUT2D eigenvalue weighted by molar-refractivity contribution is 0.0532. The number of carbonyl (C=O) groups is 1. The van der Waals surface area contributed by atoms with E-state index in [-0.39, 0.29) is 21.5 Å². The summed E-state index contributed by atoms with van der Waals surface area (Å²) in [5.74, 6) is -0.535. The highest BCUT2D eigenvalue weighted by Crippen LogP contribution is 2.23. The van der Waals surface area contributed by atoms with Crippen molar-refractivity contribution in [2.45, 2.75) is 11.8 Å². The van der Waals surface area contributed by atoms with Gasteiger partial charge in [0.05, 0.1) is 17.7 Å². The van der Waals surface area contributed by atoms with Crippen molar-refractivity contribution in [3.8, 4) is 0 Å². The Kier molecular flexibility index (Phi) is 4.81. The summed E-state index contributed by atoms with van der Waals surface area (Å²) in [5.41, 5.74) is 0. The van der Waals surface area contributed by atoms with E-state index in [9.17, 15) is 13.2 Å². The Morgan fingerprint density at radius 1 is 1.38 bits per heavy atom. The molecule has 112 valence electrons. The number of nitrogens with zero attached hydrogens (tertiary/aromatic N) is 1. The van der Waals surface area contributed by atoms with Gasteiger partial charge in [-0.2, -0.15) is 0 Å². The maximum absolute atomic E-state index is 12.1. The molecular formula is C12H11ClN2O4S2. The van der Waals surface area contributed by atoms with Crippen molar-refractivity contribution in [3.05, 3.63) is 40.4 Å². The van der Waals surface area contributed by atoms with Gasteiger partial charge in [0.15, 0.2) is 5.13 Å². The summed E-state index contributed by atoms with van der Waals surface area (Å²) < 4.78 is 31.3. The Balaban J connectivity index is 2.17. The van der Waals surface area contributed by atoms with E-state index in [1.807, 2.05) is 0 Å². The van der Waals surface area contributed by atoms with Crippen molar-refractivity contribution in [1.82, 2.24) is 4.98 Å². The first kappa shape index (κ1) is 15.7. The predicted octanol–water partition coefficient (Wildman–Crippen LogP) is 2.77. The van der Waals surface area contributed by atoms with E-state index in [2.05, 4.69) is 9.71 Å². The van der Waals surface area contributed by atoms with Gasteiger partial charge in [-0.05, 0) is 31.2 Å². The molecule has 9 heteroatoms. The normalized spacial score (nSPS) is 11.1. The van der Waals surface area contributed by atoms with Gasteiger partial charge in [-0.25, -0.2) is 18.2 Å². The average molecular weight is 347 g/mol. The molecule has 0 aliphatic carbocycles. The van der Waals surface area contributed by atoms with E-state index in [1.54, 1.807) is 6.92 Å². The molecule has 1 N–H and O–H groups in total. The number of rotatable bonds is 5. The highest BCUT2D eigenvalue weighted by molar-refractivity contribution is 7.93. The van der Waals surface area contributed by atoms with Crippen LogP contribution in [0.3, 0.4) is 0 Å². The van der Waals surface area contributed by atoms with Gasteiger partial charge in [0, 0.05) is 5.02 Å². The summed E-state index contributed by atoms with van der Waals surface area (Å²) in [6.07, 6.45) is 1.27. The number of esters is 1. The smallest absolute Gasteiger partial charge is 0.350 e. The van der Waals surface area contributed by atoms with E-state index in [0.717, 1.165) is 11.3 Å². The number of benzene rings is 1. The lowest BCUT2D eigenvalue weighted by atomic mass is 10.4. The molecule has 2 rings (SSSR count). The second-order valence-electron chi connectivity index (χ2n) is 3.81. The molecule has 1 aromatic carbocycles. The van der Waals surface area contributed by atoms with Crippen molar-refractivity contribution >= 4 is 44.1 Å². The van der Waals surface area contributed by atoms with Crippen LogP contribution >= 0.6 is 22.9 Å². The SMILES string of the molecule is CCOC(=O)c1cnc(NS(=O)(=O)c2ccc(Cl)cc2)s1. The third kappa shape index (κ3) is 3.93. The lowest BCUT2D eigenvalue weighted by Gasteiger charge is -2.04. The molecule has 0 atom stereocenters. The van der Waals surface area contributed by atoms with Crippen LogP contribution < -0.4 is 4.72 Å². The van der Waals surface area contributed by atoms with Crippen molar-refractivity contribution in [3.63, 3.8) is 0 Å². The molecule has 2 aromatic rings. The fourth-order valence-corrected chi connectivity index (χ4v) is 3.48. The Morgan fingerprint density at radius 2 is 2.05 bits per heavy atom. The molecule has 0 saturated heterocycles. The van der Waals surface area contributed by atoms with E-state index in [4.69, 9.17) is 16.3 Å². The fraction of sp³-hybridized carbons (Fsp3) is 0.167. The zero-order chi connectivity index (χ0) is 15.5. The molecule has 1 heterocycles. The number of thiazole rings is 1. The third-order valence-corrected chi connectivity index (χ3v) is 4.96. The fourth-order valence-electron chi connectivity index (χ4n) is 1.41. The summed E-state index contributed by atoms with van der Waals surface area (Å²) in [4.78, 5) is 15.6. The van der Waals surface area contributed by atoms with Gasteiger partial charge >= 0.3 is 5.97 Å². The molecule has 1 aromatic heterocycles. The van der Waals surface area contributed by atoms with Crippen LogP contribution in [-0.4, -0.2) is 26.0 Å². The number of sulfonamides is 1. The molecule has 0 amide bonds. The molecule has 0 bridgehead atoms. The van der Waals surface area contributed by atoms with Gasteiger partial charge < -0.3 is 4.74 Å². The zero-order valence-electron chi connectivity index (χ0n) is 10.9. The Labute approximate surface area is 130 Å². The minimum absolute atomic E-state index is 0.0554. The van der Waals surface area contributed by atoms with Crippen molar-refractivity contribution in [1.29, 1.82) is 0 Å². The van der Waals surface area contributed by atoms with Crippen LogP contribution in [0.1, 0.15) is 16.6 Å². The minimum atomic E-state index is -3.77. The van der Waals surface area contributed by atoms with Gasteiger partial charge in [-0.15, -0.1) is 0 Å². The molecule has 0 fully saturated rings. The maximum Gasteiger partial charge on any atom is 0.350 e. The van der Waals surface area contributed by atoms with Crippen LogP contribution in [0.2, 0.25) is 5.02 Å². The first-order chi connectivity index (χ1) is 9.92. The van der Waals surface area contributed by atoms with E-state index in [0.29, 0.717) is 5.02 Å². The maximum atomic E-state index is 12.1. The van der Waals surface area contributed by atoms with Crippen molar-refractivity contribution < 1.29 is 17.9 Å². The molecule has 0 aliphatic rings. The largest absolute Gasteiger partial charge is 0.462 e. The number of ether oxygens (including phenoxy) is 1. The molecule has 0 aliphatic heterocycles. The van der Waals surface area contributed by atoms with Crippen LogP contribution in [-0.2, 0) is 14.8 Å². The molecule has 0 spiro atoms. The number of nitrogens with one attached hydrogen (secondary N) is 1. The topological polar surface area (TPSA) is 85.4 Å². The molecule has 6 nitrogen and oxygen atoms in total. The number of aromatic nitrogens is 1. The van der Waals surface area contributed by atoms with Gasteiger partial charge in [0.2, 0.25) is 0 Å². The quantitative estimate of drug-likeness (QED) is 0.841. The van der Waals surface area contributed by atoms with Crippen LogP contribution in [0.15, 0.2) is 35.4 Å². The van der Waals surface area contributed by atoms with Crippen LogP contribution in [0.25, 0.3) is 0 Å². The molecule has 0 unspecified atom stereocenters. The van der Waals surface area contributed by atoms with Crippen molar-refractivity contribution in [2.75, 3.05) is 11.3 Å². The van der Waals surface area contributed by atoms with E-state index >= 15 is 0 Å². The Hall–Kier alpha value is -1.64. The first-order valence-corrected chi connectivity index (χ1v) is 8.51. The highest BCUT2D eigenvalue weighted by atomic mass is 35.5. The summed E-state index contributed by atoms with van der Waals surface area (Å²) in [6, 6.07) is 5.71. The summed E-state index contributed by atoms with van der Waals surface area (Å²) >= 11 is 6.62. The molecule has 0 radical (unpaired) electrons. The first-order valence-electron chi connectivity index (χ1n) is 5.83. The lowest BCUT2D eigenvalue weighted by Crippen LogP contribution is -2.12. The molecule has 0 saturated carbocycles. The standard InChI is InChI=1S/C12H11ClN2O4S2/c1-2-19-11(16)10-7-14-12(20-10)15-21(17,18)9-5-3-8(13)4-6-9/h3-7H,2H2,1H3,(H,14,15). The number of anilines is 1. The minimum Gasteiger partial charge on any atom is -0.462 e. The Bertz CT molecular complexity index is 741. The van der Waals surface area contributed by atoms with Crippen LogP contribution in [0, 0.1) is 0 Å². The number of hydrogen-bond donors (Lipinski definition) is 1. The van der Waals surface area contributed by atoms with Crippen LogP contribution in [0.4, 0.5) is 5.13 Å². The number of carbonyl (C=O) groups excluding carboxylic acids is 1. The average Bonchev–Trinajstić information content (AvgIpc) is 2.87. The van der Waals surface area contributed by atoms with Gasteiger partial charge in [0.25, 0.3) is 10.0 Å². The monoisotopic (exact) mass is 346 g/mol. The zero-order valence-corrected chi connectivity index (χ0v) is 13.3. The summed E-state index contributed by atoms with van der Waals surface area (Å²) in [6.45, 7) is 1.92. The number of hydrogen-bond acceptors (Lipinski definition) is 6. The van der Waals surface area contributed by atoms with E-state index in [1.165, 1.54) is 30.5 Å². The second-order valence-corrected chi connectivity index (χ2v) is 6.96. The van der Waals surface area contributed by atoms with Gasteiger partial charge in [-0.3, -0.25) is 4.72 Å². The van der Waals surface area contributed by atoms with Crippen molar-refractivity contribution in [2.24, 2.45) is 0 Å². The summed E-state index contributed by atoms with van der Waals surface area (Å²) in [7, 11) is -3.77. The summed E-state index contributed by atoms with van der Waals surface area (Å²) in [5, 5.41) is 0.529. The van der Waals surface area contributed by atoms with Gasteiger partial charge in [-0.1, -0.05) is 22.9 Å². The molecular weight excluding hydrogens is 336 g/mol. The Morgan fingerprint density at radius 3 is 2.67 bits per heavy atom. The second kappa shape index (κ2) is 6.42. The van der Waals surface area contributed by atoms with Crippen LogP contribution in [0.5, 0.6) is 0 Å².